The van der Waals surface area contributed by atoms with E-state index >= 15 is 0 Å². The molecule has 0 aliphatic rings. The van der Waals surface area contributed by atoms with Crippen molar-refractivity contribution in [3.63, 3.8) is 0 Å². The average Bonchev–Trinajstić information content (AvgIpc) is 2.61. The number of hydrogen-bond donors (Lipinski definition) is 2. The van der Waals surface area contributed by atoms with Crippen LogP contribution in [-0.4, -0.2) is 23.0 Å². The molecule has 0 saturated heterocycles. The Balaban J connectivity index is 1.89. The highest BCUT2D eigenvalue weighted by atomic mass is 35.5. The maximum Gasteiger partial charge on any atom is 0.257 e. The lowest BCUT2D eigenvalue weighted by atomic mass is 10.1. The van der Waals surface area contributed by atoms with E-state index in [1.807, 2.05) is 26.0 Å². The summed E-state index contributed by atoms with van der Waals surface area (Å²) in [6, 6.07) is 14.1. The molecular weight excluding hydrogens is 364 g/mol. The van der Waals surface area contributed by atoms with Gasteiger partial charge in [-0.1, -0.05) is 23.7 Å². The minimum atomic E-state index is -0.303. The minimum Gasteiger partial charge on any atom is -0.495 e. The number of anilines is 3. The molecule has 0 atom stereocenters. The second-order valence-corrected chi connectivity index (χ2v) is 6.38. The van der Waals surface area contributed by atoms with E-state index < -0.39 is 0 Å². The number of carbonyl (C=O) groups excluding carboxylic acids is 1. The highest BCUT2D eigenvalue weighted by Crippen LogP contribution is 2.29. The van der Waals surface area contributed by atoms with Gasteiger partial charge in [-0.25, -0.2) is 9.97 Å². The summed E-state index contributed by atoms with van der Waals surface area (Å²) in [5.41, 5.74) is 3.22. The molecule has 6 nitrogen and oxygen atoms in total. The van der Waals surface area contributed by atoms with Crippen molar-refractivity contribution in [3.05, 3.63) is 70.5 Å². The van der Waals surface area contributed by atoms with Gasteiger partial charge in [-0.3, -0.25) is 4.79 Å². The van der Waals surface area contributed by atoms with E-state index in [0.717, 1.165) is 11.4 Å². The molecule has 1 amide bonds. The third-order valence-corrected chi connectivity index (χ3v) is 4.05. The van der Waals surface area contributed by atoms with E-state index in [1.165, 1.54) is 7.11 Å². The lowest BCUT2D eigenvalue weighted by Crippen LogP contribution is -2.15. The van der Waals surface area contributed by atoms with Gasteiger partial charge in [-0.05, 0) is 50.2 Å². The van der Waals surface area contributed by atoms with Crippen LogP contribution in [0.25, 0.3) is 0 Å². The van der Waals surface area contributed by atoms with E-state index in [4.69, 9.17) is 16.3 Å². The monoisotopic (exact) mass is 382 g/mol. The van der Waals surface area contributed by atoms with Gasteiger partial charge >= 0.3 is 0 Å². The zero-order valence-electron chi connectivity index (χ0n) is 15.2. The molecule has 138 valence electrons. The minimum absolute atomic E-state index is 0.303. The number of halogens is 1. The van der Waals surface area contributed by atoms with Crippen LogP contribution in [0.2, 0.25) is 5.02 Å². The number of aryl methyl sites for hydroxylation is 2. The Bertz CT molecular complexity index is 971. The van der Waals surface area contributed by atoms with Crippen molar-refractivity contribution in [2.75, 3.05) is 17.7 Å². The van der Waals surface area contributed by atoms with Crippen LogP contribution in [0.1, 0.15) is 21.7 Å². The molecule has 2 aromatic carbocycles. The number of rotatable bonds is 5. The van der Waals surface area contributed by atoms with Crippen molar-refractivity contribution >= 4 is 34.8 Å². The number of hydrogen-bond acceptors (Lipinski definition) is 5. The molecule has 0 fully saturated rings. The lowest BCUT2D eigenvalue weighted by Gasteiger charge is -2.14. The molecule has 0 aliphatic carbocycles. The van der Waals surface area contributed by atoms with Gasteiger partial charge in [0.25, 0.3) is 5.91 Å². The Kier molecular flexibility index (Phi) is 5.57. The smallest absolute Gasteiger partial charge is 0.257 e. The van der Waals surface area contributed by atoms with Gasteiger partial charge in [0.2, 0.25) is 5.95 Å². The summed E-state index contributed by atoms with van der Waals surface area (Å²) in [6.45, 7) is 3.79. The fourth-order valence-electron chi connectivity index (χ4n) is 2.66. The number of nitrogens with zero attached hydrogens (tertiary/aromatic N) is 2. The number of ether oxygens (including phenoxy) is 1. The molecule has 2 N–H and O–H groups in total. The molecule has 0 bridgehead atoms. The van der Waals surface area contributed by atoms with Crippen molar-refractivity contribution in [1.82, 2.24) is 9.97 Å². The first kappa shape index (κ1) is 18.7. The summed E-state index contributed by atoms with van der Waals surface area (Å²) in [5.74, 6) is 0.659. The van der Waals surface area contributed by atoms with Crippen molar-refractivity contribution in [3.8, 4) is 5.75 Å². The fraction of sp³-hybridized carbons (Fsp3) is 0.150. The maximum atomic E-state index is 12.8. The van der Waals surface area contributed by atoms with Gasteiger partial charge in [0.1, 0.15) is 5.75 Å². The number of aromatic nitrogens is 2. The van der Waals surface area contributed by atoms with Crippen LogP contribution in [0.4, 0.5) is 17.3 Å². The van der Waals surface area contributed by atoms with Crippen LogP contribution in [0.5, 0.6) is 5.75 Å². The number of benzene rings is 2. The fourth-order valence-corrected chi connectivity index (χ4v) is 2.83. The second-order valence-electron chi connectivity index (χ2n) is 5.94. The van der Waals surface area contributed by atoms with Gasteiger partial charge in [0.15, 0.2) is 0 Å². The highest BCUT2D eigenvalue weighted by Gasteiger charge is 2.15. The first-order valence-corrected chi connectivity index (χ1v) is 8.67. The molecule has 0 spiro atoms. The predicted molar refractivity (Wildman–Crippen MR) is 107 cm³/mol. The molecule has 27 heavy (non-hydrogen) atoms. The summed E-state index contributed by atoms with van der Waals surface area (Å²) in [7, 11) is 1.53. The zero-order valence-corrected chi connectivity index (χ0v) is 16.0. The Morgan fingerprint density at radius 3 is 2.41 bits per heavy atom. The second kappa shape index (κ2) is 8.05. The molecular formula is C20H19ClN4O2. The Hall–Kier alpha value is -3.12. The van der Waals surface area contributed by atoms with E-state index in [-0.39, 0.29) is 5.91 Å². The van der Waals surface area contributed by atoms with E-state index in [0.29, 0.717) is 33.7 Å². The summed E-state index contributed by atoms with van der Waals surface area (Å²) in [6.07, 6.45) is 0. The predicted octanol–water partition coefficient (Wildman–Crippen LogP) is 4.75. The summed E-state index contributed by atoms with van der Waals surface area (Å²) < 4.78 is 5.28. The van der Waals surface area contributed by atoms with Crippen molar-refractivity contribution in [2.45, 2.75) is 13.8 Å². The number of nitrogens with one attached hydrogen (secondary N) is 2. The number of para-hydroxylation sites is 1. The third-order valence-electron chi connectivity index (χ3n) is 3.81. The highest BCUT2D eigenvalue weighted by molar-refractivity contribution is 6.31. The third kappa shape index (κ3) is 4.54. The van der Waals surface area contributed by atoms with Crippen molar-refractivity contribution in [2.24, 2.45) is 0 Å². The van der Waals surface area contributed by atoms with E-state index in [1.54, 1.807) is 36.4 Å². The van der Waals surface area contributed by atoms with Crippen LogP contribution in [0, 0.1) is 13.8 Å². The normalized spacial score (nSPS) is 10.4. The van der Waals surface area contributed by atoms with Gasteiger partial charge in [0.05, 0.1) is 24.0 Å². The number of amides is 1. The van der Waals surface area contributed by atoms with Gasteiger partial charge in [-0.15, -0.1) is 0 Å². The first-order valence-electron chi connectivity index (χ1n) is 8.29. The molecule has 3 rings (SSSR count). The van der Waals surface area contributed by atoms with Crippen LogP contribution in [0.3, 0.4) is 0 Å². The molecule has 0 radical (unpaired) electrons. The molecule has 0 unspecified atom stereocenters. The quantitative estimate of drug-likeness (QED) is 0.665. The molecule has 1 aromatic heterocycles. The van der Waals surface area contributed by atoms with Crippen LogP contribution in [-0.2, 0) is 0 Å². The molecule has 0 saturated carbocycles. The number of methoxy groups -OCH3 is 1. The van der Waals surface area contributed by atoms with Gasteiger partial charge in [0, 0.05) is 16.4 Å². The Labute approximate surface area is 162 Å². The van der Waals surface area contributed by atoms with Crippen LogP contribution in [0.15, 0.2) is 48.5 Å². The van der Waals surface area contributed by atoms with E-state index in [2.05, 4.69) is 20.6 Å². The van der Waals surface area contributed by atoms with Crippen LogP contribution >= 0.6 is 11.6 Å². The zero-order chi connectivity index (χ0) is 19.4. The van der Waals surface area contributed by atoms with Crippen molar-refractivity contribution < 1.29 is 9.53 Å². The Morgan fingerprint density at radius 2 is 1.70 bits per heavy atom. The SMILES string of the molecule is COc1ccc(Cl)cc1NC(=O)c1ccccc1Nc1nc(C)cc(C)n1. The largest absolute Gasteiger partial charge is 0.495 e. The first-order chi connectivity index (χ1) is 13.0. The average molecular weight is 383 g/mol. The topological polar surface area (TPSA) is 76.1 Å². The van der Waals surface area contributed by atoms with E-state index in [9.17, 15) is 4.79 Å². The summed E-state index contributed by atoms with van der Waals surface area (Å²) in [4.78, 5) is 21.6. The lowest BCUT2D eigenvalue weighted by molar-refractivity contribution is 0.102. The Morgan fingerprint density at radius 1 is 1.00 bits per heavy atom. The standard InChI is InChI=1S/C20H19ClN4O2/c1-12-10-13(2)23-20(22-12)25-16-7-5-4-6-15(16)19(26)24-17-11-14(21)8-9-18(17)27-3/h4-11H,1-3H3,(H,24,26)(H,22,23,25). The number of carbonyl (C=O) groups is 1. The molecule has 1 heterocycles. The molecule has 0 aliphatic heterocycles. The summed E-state index contributed by atoms with van der Waals surface area (Å²) >= 11 is 6.04. The van der Waals surface area contributed by atoms with Gasteiger partial charge < -0.3 is 15.4 Å². The van der Waals surface area contributed by atoms with Crippen molar-refractivity contribution in [1.29, 1.82) is 0 Å². The molecule has 3 aromatic rings. The maximum absolute atomic E-state index is 12.8. The van der Waals surface area contributed by atoms with Crippen LogP contribution < -0.4 is 15.4 Å². The molecule has 7 heteroatoms. The van der Waals surface area contributed by atoms with Gasteiger partial charge in [-0.2, -0.15) is 0 Å². The summed E-state index contributed by atoms with van der Waals surface area (Å²) in [5, 5.41) is 6.46.